The number of carbonyl (C=O) groups excluding carboxylic acids is 1. The van der Waals surface area contributed by atoms with E-state index in [1.54, 1.807) is 6.92 Å². The highest BCUT2D eigenvalue weighted by Crippen LogP contribution is 1.95. The van der Waals surface area contributed by atoms with E-state index in [4.69, 9.17) is 0 Å². The average Bonchev–Trinajstić information content (AvgIpc) is 2.04. The molecule has 0 radical (unpaired) electrons. The average molecular weight is 160 g/mol. The Hall–Kier alpha value is -0.570. The molecule has 0 unspecified atom stereocenters. The van der Waals surface area contributed by atoms with E-state index >= 15 is 0 Å². The highest BCUT2D eigenvalue weighted by atomic mass is 17.2. The van der Waals surface area contributed by atoms with Crippen molar-refractivity contribution in [2.24, 2.45) is 0 Å². The molecule has 0 aromatic rings. The minimum atomic E-state index is -0.304. The molecule has 0 saturated carbocycles. The van der Waals surface area contributed by atoms with Crippen LogP contribution in [0.2, 0.25) is 0 Å². The highest BCUT2D eigenvalue weighted by Gasteiger charge is 1.97. The van der Waals surface area contributed by atoms with Gasteiger partial charge in [0.1, 0.15) is 0 Å². The van der Waals surface area contributed by atoms with Crippen LogP contribution in [0.4, 0.5) is 0 Å². The van der Waals surface area contributed by atoms with Crippen LogP contribution >= 0.6 is 0 Å². The monoisotopic (exact) mass is 160 g/mol. The molecule has 0 aromatic carbocycles. The van der Waals surface area contributed by atoms with E-state index in [0.717, 1.165) is 19.3 Å². The van der Waals surface area contributed by atoms with Gasteiger partial charge in [-0.2, -0.15) is 4.89 Å². The summed E-state index contributed by atoms with van der Waals surface area (Å²) < 4.78 is 0. The lowest BCUT2D eigenvalue weighted by Crippen LogP contribution is -2.04. The second-order valence-corrected chi connectivity index (χ2v) is 2.34. The van der Waals surface area contributed by atoms with Crippen molar-refractivity contribution in [3.63, 3.8) is 0 Å². The first-order valence-electron chi connectivity index (χ1n) is 4.13. The van der Waals surface area contributed by atoms with Gasteiger partial charge in [0.05, 0.1) is 6.61 Å². The predicted molar refractivity (Wildman–Crippen MR) is 41.9 cm³/mol. The zero-order valence-corrected chi connectivity index (χ0v) is 7.26. The maximum Gasteiger partial charge on any atom is 0.342 e. The minimum Gasteiger partial charge on any atom is -0.298 e. The van der Waals surface area contributed by atoms with Crippen LogP contribution in [0, 0.1) is 0 Å². The van der Waals surface area contributed by atoms with E-state index in [1.807, 2.05) is 0 Å². The third-order valence-electron chi connectivity index (χ3n) is 1.27. The lowest BCUT2D eigenvalue weighted by molar-refractivity contribution is -0.272. The van der Waals surface area contributed by atoms with Gasteiger partial charge >= 0.3 is 5.97 Å². The molecule has 0 spiro atoms. The summed E-state index contributed by atoms with van der Waals surface area (Å²) in [6, 6.07) is 0. The van der Waals surface area contributed by atoms with E-state index in [0.29, 0.717) is 13.0 Å². The van der Waals surface area contributed by atoms with Crippen molar-refractivity contribution in [2.75, 3.05) is 6.61 Å². The summed E-state index contributed by atoms with van der Waals surface area (Å²) in [4.78, 5) is 19.5. The van der Waals surface area contributed by atoms with Gasteiger partial charge in [-0.25, -0.2) is 4.79 Å². The molecule has 3 nitrogen and oxygen atoms in total. The Morgan fingerprint density at radius 3 is 2.55 bits per heavy atom. The molecule has 0 bridgehead atoms. The third kappa shape index (κ3) is 7.33. The first-order chi connectivity index (χ1) is 5.31. The molecule has 0 N–H and O–H groups in total. The molecule has 0 aliphatic heterocycles. The zero-order chi connectivity index (χ0) is 8.53. The summed E-state index contributed by atoms with van der Waals surface area (Å²) in [5.74, 6) is -0.304. The van der Waals surface area contributed by atoms with E-state index in [1.165, 1.54) is 0 Å². The zero-order valence-electron chi connectivity index (χ0n) is 7.26. The molecular weight excluding hydrogens is 144 g/mol. The SMILES string of the molecule is CCCCCOOC(=O)CC. The van der Waals surface area contributed by atoms with Crippen LogP contribution in [0.15, 0.2) is 0 Å². The molecule has 11 heavy (non-hydrogen) atoms. The first-order valence-corrected chi connectivity index (χ1v) is 4.13. The van der Waals surface area contributed by atoms with Crippen molar-refractivity contribution in [1.82, 2.24) is 0 Å². The fraction of sp³-hybridized carbons (Fsp3) is 0.875. The van der Waals surface area contributed by atoms with Crippen molar-refractivity contribution in [3.05, 3.63) is 0 Å². The van der Waals surface area contributed by atoms with Crippen LogP contribution < -0.4 is 0 Å². The topological polar surface area (TPSA) is 35.5 Å². The van der Waals surface area contributed by atoms with Gasteiger partial charge in [-0.15, -0.1) is 0 Å². The van der Waals surface area contributed by atoms with Crippen molar-refractivity contribution in [1.29, 1.82) is 0 Å². The maximum absolute atomic E-state index is 10.5. The van der Waals surface area contributed by atoms with Gasteiger partial charge in [-0.05, 0) is 6.42 Å². The minimum absolute atomic E-state index is 0.304. The van der Waals surface area contributed by atoms with Crippen molar-refractivity contribution in [2.45, 2.75) is 39.5 Å². The summed E-state index contributed by atoms with van der Waals surface area (Å²) in [5.41, 5.74) is 0. The van der Waals surface area contributed by atoms with Gasteiger partial charge in [-0.1, -0.05) is 26.7 Å². The van der Waals surface area contributed by atoms with E-state index < -0.39 is 0 Å². The second kappa shape index (κ2) is 7.54. The maximum atomic E-state index is 10.5. The van der Waals surface area contributed by atoms with Gasteiger partial charge in [0, 0.05) is 6.42 Å². The Kier molecular flexibility index (Phi) is 7.15. The van der Waals surface area contributed by atoms with Gasteiger partial charge in [0.15, 0.2) is 0 Å². The van der Waals surface area contributed by atoms with Crippen molar-refractivity contribution >= 4 is 5.97 Å². The number of hydrogen-bond acceptors (Lipinski definition) is 3. The van der Waals surface area contributed by atoms with E-state index in [-0.39, 0.29) is 5.97 Å². The summed E-state index contributed by atoms with van der Waals surface area (Å²) in [5, 5.41) is 0. The molecule has 0 atom stereocenters. The van der Waals surface area contributed by atoms with Gasteiger partial charge in [0.2, 0.25) is 0 Å². The van der Waals surface area contributed by atoms with Crippen LogP contribution in [0.5, 0.6) is 0 Å². The molecule has 0 aliphatic rings. The standard InChI is InChI=1S/C8H16O3/c1-3-5-6-7-10-11-8(9)4-2/h3-7H2,1-2H3. The Morgan fingerprint density at radius 2 is 2.00 bits per heavy atom. The van der Waals surface area contributed by atoms with E-state index in [9.17, 15) is 4.79 Å². The Morgan fingerprint density at radius 1 is 1.27 bits per heavy atom. The molecule has 0 aliphatic carbocycles. The fourth-order valence-electron chi connectivity index (χ4n) is 0.577. The largest absolute Gasteiger partial charge is 0.342 e. The Balaban J connectivity index is 2.95. The second-order valence-electron chi connectivity index (χ2n) is 2.34. The predicted octanol–water partition coefficient (Wildman–Crippen LogP) is 2.06. The fourth-order valence-corrected chi connectivity index (χ4v) is 0.577. The normalized spacial score (nSPS) is 9.64. The molecule has 0 fully saturated rings. The summed E-state index contributed by atoms with van der Waals surface area (Å²) in [7, 11) is 0. The number of unbranched alkanes of at least 4 members (excludes halogenated alkanes) is 2. The van der Waals surface area contributed by atoms with Crippen LogP contribution in [0.25, 0.3) is 0 Å². The Bertz CT molecular complexity index is 102. The molecule has 0 aromatic heterocycles. The summed E-state index contributed by atoms with van der Waals surface area (Å²) in [6.07, 6.45) is 3.58. The van der Waals surface area contributed by atoms with Gasteiger partial charge in [0.25, 0.3) is 0 Å². The van der Waals surface area contributed by atoms with Crippen molar-refractivity contribution < 1.29 is 14.6 Å². The molecule has 0 rings (SSSR count). The van der Waals surface area contributed by atoms with Gasteiger partial charge < -0.3 is 0 Å². The van der Waals surface area contributed by atoms with Crippen molar-refractivity contribution in [3.8, 4) is 0 Å². The summed E-state index contributed by atoms with van der Waals surface area (Å²) in [6.45, 7) is 4.36. The first kappa shape index (κ1) is 10.4. The van der Waals surface area contributed by atoms with Crippen LogP contribution in [-0.2, 0) is 14.6 Å². The summed E-state index contributed by atoms with van der Waals surface area (Å²) >= 11 is 0. The number of hydrogen-bond donors (Lipinski definition) is 0. The lowest BCUT2D eigenvalue weighted by Gasteiger charge is -2.00. The van der Waals surface area contributed by atoms with Crippen LogP contribution in [0.3, 0.4) is 0 Å². The van der Waals surface area contributed by atoms with Crippen LogP contribution in [0.1, 0.15) is 39.5 Å². The molecular formula is C8H16O3. The molecule has 0 saturated heterocycles. The molecule has 0 amide bonds. The van der Waals surface area contributed by atoms with E-state index in [2.05, 4.69) is 16.7 Å². The Labute approximate surface area is 67.6 Å². The molecule has 66 valence electrons. The molecule has 0 heterocycles. The lowest BCUT2D eigenvalue weighted by atomic mass is 10.3. The van der Waals surface area contributed by atoms with Gasteiger partial charge in [-0.3, -0.25) is 4.89 Å². The number of rotatable bonds is 6. The van der Waals surface area contributed by atoms with Crippen LogP contribution in [-0.4, -0.2) is 12.6 Å². The third-order valence-corrected chi connectivity index (χ3v) is 1.27. The number of carbonyl (C=O) groups is 1. The molecule has 3 heteroatoms. The quantitative estimate of drug-likeness (QED) is 0.339. The smallest absolute Gasteiger partial charge is 0.298 e. The highest BCUT2D eigenvalue weighted by molar-refractivity contribution is 5.68.